The Kier molecular flexibility index (Phi) is 8.37. The van der Waals surface area contributed by atoms with Gasteiger partial charge in [0, 0.05) is 18.6 Å². The molecule has 132 valence electrons. The van der Waals surface area contributed by atoms with Crippen molar-refractivity contribution >= 4 is 29.0 Å². The topological polar surface area (TPSA) is 50.4 Å². The summed E-state index contributed by atoms with van der Waals surface area (Å²) in [5.41, 5.74) is 0.704. The van der Waals surface area contributed by atoms with Crippen LogP contribution in [-0.4, -0.2) is 24.3 Å². The maximum atomic E-state index is 11.8. The van der Waals surface area contributed by atoms with Crippen molar-refractivity contribution in [3.05, 3.63) is 21.3 Å². The monoisotopic (exact) mass is 360 g/mol. The van der Waals surface area contributed by atoms with Crippen molar-refractivity contribution < 1.29 is 9.53 Å². The quantitative estimate of drug-likeness (QED) is 0.675. The molecule has 1 amide bonds. The number of ether oxygens (including phenoxy) is 1. The van der Waals surface area contributed by atoms with E-state index in [1.165, 1.54) is 16.9 Å². The second kappa shape index (κ2) is 9.50. The van der Waals surface area contributed by atoms with Gasteiger partial charge in [0.2, 0.25) is 0 Å². The van der Waals surface area contributed by atoms with Gasteiger partial charge in [0.25, 0.3) is 0 Å². The van der Waals surface area contributed by atoms with E-state index in [4.69, 9.17) is 16.3 Å². The molecule has 6 heteroatoms. The van der Waals surface area contributed by atoms with Crippen molar-refractivity contribution in [3.8, 4) is 0 Å². The van der Waals surface area contributed by atoms with Gasteiger partial charge in [-0.3, -0.25) is 0 Å². The van der Waals surface area contributed by atoms with E-state index < -0.39 is 5.60 Å². The molecule has 23 heavy (non-hydrogen) atoms. The Morgan fingerprint density at radius 1 is 1.43 bits per heavy atom. The Hall–Kier alpha value is -0.780. The number of nitrogens with one attached hydrogen (secondary N) is 2. The first-order chi connectivity index (χ1) is 10.7. The van der Waals surface area contributed by atoms with Crippen LogP contribution in [0.1, 0.15) is 65.5 Å². The fourth-order valence-corrected chi connectivity index (χ4v) is 3.20. The average Bonchev–Trinajstić information content (AvgIpc) is 2.86. The van der Waals surface area contributed by atoms with Gasteiger partial charge in [0.15, 0.2) is 0 Å². The predicted molar refractivity (Wildman–Crippen MR) is 98.4 cm³/mol. The summed E-state index contributed by atoms with van der Waals surface area (Å²) in [6.45, 7) is 10.4. The molecule has 0 spiro atoms. The summed E-state index contributed by atoms with van der Waals surface area (Å²) in [6, 6.07) is 2.39. The molecule has 1 rings (SSSR count). The van der Waals surface area contributed by atoms with Gasteiger partial charge in [0.05, 0.1) is 4.34 Å². The number of rotatable bonds is 8. The third-order valence-electron chi connectivity index (χ3n) is 3.37. The average molecular weight is 361 g/mol. The van der Waals surface area contributed by atoms with E-state index in [1.807, 2.05) is 26.8 Å². The van der Waals surface area contributed by atoms with E-state index in [-0.39, 0.29) is 18.2 Å². The molecule has 1 aromatic heterocycles. The lowest BCUT2D eigenvalue weighted by molar-refractivity contribution is 0.0521. The molecule has 2 atom stereocenters. The molecule has 2 N–H and O–H groups in total. The Labute approximate surface area is 148 Å². The molecule has 1 aromatic rings. The van der Waals surface area contributed by atoms with Gasteiger partial charge in [0.1, 0.15) is 5.60 Å². The summed E-state index contributed by atoms with van der Waals surface area (Å²) in [5.74, 6) is 0. The SMILES string of the molecule is CCCCC(CNC(=O)OC(C)(C)C)NC(C)c1csc(Cl)c1. The zero-order chi connectivity index (χ0) is 17.5. The first kappa shape index (κ1) is 20.3. The van der Waals surface area contributed by atoms with Crippen LogP contribution in [0, 0.1) is 0 Å². The molecular weight excluding hydrogens is 332 g/mol. The van der Waals surface area contributed by atoms with Gasteiger partial charge >= 0.3 is 6.09 Å². The molecule has 0 saturated heterocycles. The number of carbonyl (C=O) groups is 1. The number of amides is 1. The van der Waals surface area contributed by atoms with E-state index in [9.17, 15) is 4.79 Å². The zero-order valence-electron chi connectivity index (χ0n) is 14.7. The van der Waals surface area contributed by atoms with Gasteiger partial charge in [-0.25, -0.2) is 4.79 Å². The number of hydrogen-bond donors (Lipinski definition) is 2. The van der Waals surface area contributed by atoms with Crippen LogP contribution >= 0.6 is 22.9 Å². The molecule has 0 aromatic carbocycles. The molecule has 0 aliphatic heterocycles. The van der Waals surface area contributed by atoms with Gasteiger partial charge in [-0.15, -0.1) is 11.3 Å². The molecule has 2 unspecified atom stereocenters. The lowest BCUT2D eigenvalue weighted by Crippen LogP contribution is -2.43. The van der Waals surface area contributed by atoms with Gasteiger partial charge < -0.3 is 15.4 Å². The van der Waals surface area contributed by atoms with Crippen LogP contribution in [0.4, 0.5) is 4.79 Å². The molecular formula is C17H29ClN2O2S. The number of hydrogen-bond acceptors (Lipinski definition) is 4. The maximum Gasteiger partial charge on any atom is 0.407 e. The Bertz CT molecular complexity index is 485. The van der Waals surface area contributed by atoms with Crippen LogP contribution < -0.4 is 10.6 Å². The van der Waals surface area contributed by atoms with Crippen LogP contribution in [0.2, 0.25) is 4.34 Å². The molecule has 0 aliphatic carbocycles. The summed E-state index contributed by atoms with van der Waals surface area (Å²) < 4.78 is 6.09. The minimum absolute atomic E-state index is 0.195. The van der Waals surface area contributed by atoms with Crippen molar-refractivity contribution in [2.45, 2.75) is 71.6 Å². The standard InChI is InChI=1S/C17H29ClN2O2S/c1-6-7-8-14(10-19-16(21)22-17(3,4)5)20-12(2)13-9-15(18)23-11-13/h9,11-12,14,20H,6-8,10H2,1-5H3,(H,19,21). The van der Waals surface area contributed by atoms with Gasteiger partial charge in [-0.2, -0.15) is 0 Å². The third-order valence-corrected chi connectivity index (χ3v) is 4.48. The molecule has 4 nitrogen and oxygen atoms in total. The van der Waals surface area contributed by atoms with Crippen LogP contribution in [-0.2, 0) is 4.74 Å². The fraction of sp³-hybridized carbons (Fsp3) is 0.706. The van der Waals surface area contributed by atoms with Crippen molar-refractivity contribution in [2.75, 3.05) is 6.54 Å². The summed E-state index contributed by atoms with van der Waals surface area (Å²) in [5, 5.41) is 8.51. The predicted octanol–water partition coefficient (Wildman–Crippen LogP) is 5.14. The van der Waals surface area contributed by atoms with E-state index >= 15 is 0 Å². The minimum Gasteiger partial charge on any atom is -0.444 e. The van der Waals surface area contributed by atoms with Crippen molar-refractivity contribution in [1.29, 1.82) is 0 Å². The normalized spacial score (nSPS) is 14.3. The fourth-order valence-electron chi connectivity index (χ4n) is 2.22. The summed E-state index contributed by atoms with van der Waals surface area (Å²) >= 11 is 7.54. The van der Waals surface area contributed by atoms with E-state index in [0.717, 1.165) is 23.6 Å². The Morgan fingerprint density at radius 2 is 2.13 bits per heavy atom. The minimum atomic E-state index is -0.475. The van der Waals surface area contributed by atoms with Crippen molar-refractivity contribution in [3.63, 3.8) is 0 Å². The molecule has 0 fully saturated rings. The molecule has 0 aliphatic rings. The maximum absolute atomic E-state index is 11.8. The largest absolute Gasteiger partial charge is 0.444 e. The highest BCUT2D eigenvalue weighted by molar-refractivity contribution is 7.14. The highest BCUT2D eigenvalue weighted by Gasteiger charge is 2.19. The first-order valence-electron chi connectivity index (χ1n) is 8.18. The van der Waals surface area contributed by atoms with Crippen LogP contribution in [0.3, 0.4) is 0 Å². The third kappa shape index (κ3) is 8.58. The van der Waals surface area contributed by atoms with Gasteiger partial charge in [-0.1, -0.05) is 31.4 Å². The number of alkyl carbamates (subject to hydrolysis) is 1. The number of halogens is 1. The first-order valence-corrected chi connectivity index (χ1v) is 9.44. The van der Waals surface area contributed by atoms with Crippen molar-refractivity contribution in [1.82, 2.24) is 10.6 Å². The van der Waals surface area contributed by atoms with Crippen LogP contribution in [0.5, 0.6) is 0 Å². The highest BCUT2D eigenvalue weighted by atomic mass is 35.5. The summed E-state index contributed by atoms with van der Waals surface area (Å²) in [6.07, 6.45) is 2.88. The zero-order valence-corrected chi connectivity index (χ0v) is 16.3. The number of thiophene rings is 1. The lowest BCUT2D eigenvalue weighted by atomic mass is 10.1. The summed E-state index contributed by atoms with van der Waals surface area (Å²) in [4.78, 5) is 11.8. The smallest absolute Gasteiger partial charge is 0.407 e. The Balaban J connectivity index is 2.53. The van der Waals surface area contributed by atoms with Crippen LogP contribution in [0.15, 0.2) is 11.4 Å². The molecule has 0 bridgehead atoms. The van der Waals surface area contributed by atoms with E-state index in [0.29, 0.717) is 6.54 Å². The lowest BCUT2D eigenvalue weighted by Gasteiger charge is -2.25. The number of carbonyl (C=O) groups excluding carboxylic acids is 1. The van der Waals surface area contributed by atoms with E-state index in [2.05, 4.69) is 29.9 Å². The molecule has 1 heterocycles. The highest BCUT2D eigenvalue weighted by Crippen LogP contribution is 2.25. The second-order valence-corrected chi connectivity index (χ2v) is 8.34. The van der Waals surface area contributed by atoms with Gasteiger partial charge in [-0.05, 0) is 51.1 Å². The summed E-state index contributed by atoms with van der Waals surface area (Å²) in [7, 11) is 0. The van der Waals surface area contributed by atoms with Crippen molar-refractivity contribution in [2.24, 2.45) is 0 Å². The molecule has 0 saturated carbocycles. The second-order valence-electron chi connectivity index (χ2n) is 6.79. The molecule has 0 radical (unpaired) electrons. The Morgan fingerprint density at radius 3 is 2.65 bits per heavy atom. The number of unbranched alkanes of at least 4 members (excludes halogenated alkanes) is 1. The van der Waals surface area contributed by atoms with Crippen LogP contribution in [0.25, 0.3) is 0 Å². The van der Waals surface area contributed by atoms with E-state index in [1.54, 1.807) is 0 Å².